The van der Waals surface area contributed by atoms with Crippen LogP contribution in [0.2, 0.25) is 0 Å². The summed E-state index contributed by atoms with van der Waals surface area (Å²) in [5.41, 5.74) is 1.16. The van der Waals surface area contributed by atoms with E-state index in [4.69, 9.17) is 9.47 Å². The first-order valence-corrected chi connectivity index (χ1v) is 9.46. The third-order valence-electron chi connectivity index (χ3n) is 5.07. The van der Waals surface area contributed by atoms with Gasteiger partial charge in [0.25, 0.3) is 0 Å². The first-order valence-electron chi connectivity index (χ1n) is 9.46. The molecule has 1 aromatic carbocycles. The molecule has 25 heavy (non-hydrogen) atoms. The molecule has 138 valence electrons. The smallest absolute Gasteiger partial charge is 0.239 e. The van der Waals surface area contributed by atoms with E-state index in [1.807, 2.05) is 33.8 Å². The minimum Gasteiger partial charge on any atom is -0.490 e. The van der Waals surface area contributed by atoms with Gasteiger partial charge in [0.1, 0.15) is 0 Å². The normalized spacial score (nSPS) is 23.9. The Morgan fingerprint density at radius 1 is 1.28 bits per heavy atom. The third-order valence-corrected chi connectivity index (χ3v) is 5.07. The van der Waals surface area contributed by atoms with Crippen molar-refractivity contribution in [2.75, 3.05) is 19.7 Å². The summed E-state index contributed by atoms with van der Waals surface area (Å²) in [6.07, 6.45) is 2.37. The van der Waals surface area contributed by atoms with Crippen LogP contribution in [0.4, 0.5) is 0 Å². The summed E-state index contributed by atoms with van der Waals surface area (Å²) < 4.78 is 11.6. The fraction of sp³-hybridized carbons (Fsp3) is 0.650. The topological polar surface area (TPSA) is 42.0 Å². The number of rotatable bonds is 6. The lowest BCUT2D eigenvalue weighted by Crippen LogP contribution is -2.58. The molecule has 5 heteroatoms. The van der Waals surface area contributed by atoms with Gasteiger partial charge >= 0.3 is 0 Å². The summed E-state index contributed by atoms with van der Waals surface area (Å²) in [7, 11) is 0. The van der Waals surface area contributed by atoms with E-state index in [0.29, 0.717) is 12.6 Å². The van der Waals surface area contributed by atoms with E-state index in [-0.39, 0.29) is 18.1 Å². The van der Waals surface area contributed by atoms with Crippen molar-refractivity contribution in [3.8, 4) is 11.5 Å². The molecule has 2 heterocycles. The Bertz CT molecular complexity index is 617. The molecule has 2 aliphatic rings. The molecule has 0 spiro atoms. The zero-order valence-electron chi connectivity index (χ0n) is 15.8. The van der Waals surface area contributed by atoms with Crippen LogP contribution in [-0.4, -0.2) is 53.6 Å². The van der Waals surface area contributed by atoms with Gasteiger partial charge in [-0.1, -0.05) is 6.07 Å². The van der Waals surface area contributed by atoms with E-state index in [1.54, 1.807) is 0 Å². The van der Waals surface area contributed by atoms with Crippen LogP contribution in [0.5, 0.6) is 11.5 Å². The van der Waals surface area contributed by atoms with Crippen molar-refractivity contribution >= 4 is 5.91 Å². The Morgan fingerprint density at radius 3 is 2.80 bits per heavy atom. The fourth-order valence-electron chi connectivity index (χ4n) is 3.85. The maximum absolute atomic E-state index is 12.6. The van der Waals surface area contributed by atoms with Crippen molar-refractivity contribution in [3.05, 3.63) is 23.8 Å². The molecule has 0 aliphatic carbocycles. The zero-order chi connectivity index (χ0) is 18.0. The summed E-state index contributed by atoms with van der Waals surface area (Å²) >= 11 is 0. The average Bonchev–Trinajstić information content (AvgIpc) is 3.03. The molecule has 2 saturated heterocycles. The van der Waals surface area contributed by atoms with E-state index >= 15 is 0 Å². The summed E-state index contributed by atoms with van der Waals surface area (Å²) in [4.78, 5) is 17.0. The molecule has 2 atom stereocenters. The lowest BCUT2D eigenvalue weighted by atomic mass is 10.1. The van der Waals surface area contributed by atoms with Crippen LogP contribution in [0.3, 0.4) is 0 Å². The van der Waals surface area contributed by atoms with Crippen molar-refractivity contribution in [2.45, 2.75) is 65.3 Å². The average molecular weight is 346 g/mol. The standard InChI is InChI=1S/C20H30N2O3/c1-5-24-19-11-16(8-9-18(19)25-14(2)3)12-21-13-17-7-6-10-22(17)20(23)15(21)4/h8-9,11,14-15,17H,5-7,10,12-13H2,1-4H3/t15-,17-/m1/s1. The van der Waals surface area contributed by atoms with Crippen molar-refractivity contribution in [2.24, 2.45) is 0 Å². The van der Waals surface area contributed by atoms with Gasteiger partial charge in [-0.3, -0.25) is 9.69 Å². The number of benzene rings is 1. The van der Waals surface area contributed by atoms with Crippen molar-refractivity contribution in [1.82, 2.24) is 9.80 Å². The van der Waals surface area contributed by atoms with Crippen LogP contribution in [0.1, 0.15) is 46.1 Å². The number of nitrogens with zero attached hydrogens (tertiary/aromatic N) is 2. The number of carbonyl (C=O) groups excluding carboxylic acids is 1. The molecule has 1 aromatic rings. The first kappa shape index (κ1) is 18.1. The van der Waals surface area contributed by atoms with Crippen molar-refractivity contribution < 1.29 is 14.3 Å². The maximum Gasteiger partial charge on any atom is 0.239 e. The fourth-order valence-corrected chi connectivity index (χ4v) is 3.85. The highest BCUT2D eigenvalue weighted by atomic mass is 16.5. The molecule has 1 amide bonds. The first-order chi connectivity index (χ1) is 12.0. The van der Waals surface area contributed by atoms with Gasteiger partial charge in [0.2, 0.25) is 5.91 Å². The van der Waals surface area contributed by atoms with Crippen LogP contribution in [0.15, 0.2) is 18.2 Å². The van der Waals surface area contributed by atoms with Gasteiger partial charge in [-0.05, 0) is 58.2 Å². The number of hydrogen-bond donors (Lipinski definition) is 0. The Kier molecular flexibility index (Phi) is 5.52. The van der Waals surface area contributed by atoms with Crippen LogP contribution in [-0.2, 0) is 11.3 Å². The van der Waals surface area contributed by atoms with E-state index in [0.717, 1.165) is 49.5 Å². The second-order valence-electron chi connectivity index (χ2n) is 7.31. The summed E-state index contributed by atoms with van der Waals surface area (Å²) in [5, 5.41) is 0. The molecular weight excluding hydrogens is 316 g/mol. The minimum absolute atomic E-state index is 0.0588. The van der Waals surface area contributed by atoms with Gasteiger partial charge in [-0.15, -0.1) is 0 Å². The van der Waals surface area contributed by atoms with Crippen LogP contribution in [0.25, 0.3) is 0 Å². The lowest BCUT2D eigenvalue weighted by Gasteiger charge is -2.41. The Morgan fingerprint density at radius 2 is 2.08 bits per heavy atom. The van der Waals surface area contributed by atoms with Gasteiger partial charge in [0.15, 0.2) is 11.5 Å². The van der Waals surface area contributed by atoms with Crippen molar-refractivity contribution in [3.63, 3.8) is 0 Å². The predicted octanol–water partition coefficient (Wildman–Crippen LogP) is 3.07. The monoisotopic (exact) mass is 346 g/mol. The lowest BCUT2D eigenvalue weighted by molar-refractivity contribution is -0.143. The van der Waals surface area contributed by atoms with Crippen molar-refractivity contribution in [1.29, 1.82) is 0 Å². The number of piperazine rings is 1. The molecule has 3 rings (SSSR count). The van der Waals surface area contributed by atoms with E-state index in [9.17, 15) is 4.79 Å². The summed E-state index contributed by atoms with van der Waals surface area (Å²) in [6, 6.07) is 6.45. The van der Waals surface area contributed by atoms with Gasteiger partial charge in [0, 0.05) is 25.7 Å². The molecule has 0 aromatic heterocycles. The number of hydrogen-bond acceptors (Lipinski definition) is 4. The van der Waals surface area contributed by atoms with Gasteiger partial charge < -0.3 is 14.4 Å². The van der Waals surface area contributed by atoms with E-state index in [1.165, 1.54) is 0 Å². The minimum atomic E-state index is -0.0588. The highest BCUT2D eigenvalue weighted by Crippen LogP contribution is 2.31. The van der Waals surface area contributed by atoms with Crippen LogP contribution in [0, 0.1) is 0 Å². The molecule has 5 nitrogen and oxygen atoms in total. The molecule has 0 bridgehead atoms. The molecule has 0 radical (unpaired) electrons. The predicted molar refractivity (Wildman–Crippen MR) is 98.0 cm³/mol. The zero-order valence-corrected chi connectivity index (χ0v) is 15.8. The highest BCUT2D eigenvalue weighted by molar-refractivity contribution is 5.83. The van der Waals surface area contributed by atoms with E-state index < -0.39 is 0 Å². The Labute approximate surface area is 150 Å². The number of carbonyl (C=O) groups is 1. The molecule has 0 N–H and O–H groups in total. The molecular formula is C20H30N2O3. The van der Waals surface area contributed by atoms with Crippen LogP contribution >= 0.6 is 0 Å². The Balaban J connectivity index is 1.75. The summed E-state index contributed by atoms with van der Waals surface area (Å²) in [6.45, 7) is 11.3. The highest BCUT2D eigenvalue weighted by Gasteiger charge is 2.40. The van der Waals surface area contributed by atoms with Gasteiger partial charge in [0.05, 0.1) is 18.8 Å². The second-order valence-corrected chi connectivity index (χ2v) is 7.31. The third kappa shape index (κ3) is 3.92. The largest absolute Gasteiger partial charge is 0.490 e. The number of amides is 1. The molecule has 2 fully saturated rings. The van der Waals surface area contributed by atoms with Crippen LogP contribution < -0.4 is 9.47 Å². The van der Waals surface area contributed by atoms with E-state index in [2.05, 4.69) is 21.9 Å². The van der Waals surface area contributed by atoms with Gasteiger partial charge in [-0.25, -0.2) is 0 Å². The Hall–Kier alpha value is -1.75. The quantitative estimate of drug-likeness (QED) is 0.794. The molecule has 2 aliphatic heterocycles. The molecule has 0 saturated carbocycles. The maximum atomic E-state index is 12.6. The number of fused-ring (bicyclic) bond motifs is 1. The second kappa shape index (κ2) is 7.65. The number of ether oxygens (including phenoxy) is 2. The SMILES string of the molecule is CCOc1cc(CN2C[C@H]3CCCN3C(=O)[C@H]2C)ccc1OC(C)C. The summed E-state index contributed by atoms with van der Waals surface area (Å²) in [5.74, 6) is 1.84. The van der Waals surface area contributed by atoms with Gasteiger partial charge in [-0.2, -0.15) is 0 Å². The molecule has 0 unspecified atom stereocenters.